The van der Waals surface area contributed by atoms with Gasteiger partial charge >= 0.3 is 0 Å². The Labute approximate surface area is 417 Å². The number of unbranched alkanes of at least 4 members (excludes halogenated alkanes) is 10. The summed E-state index contributed by atoms with van der Waals surface area (Å²) in [6.07, 6.45) is 14.5. The highest BCUT2D eigenvalue weighted by Crippen LogP contribution is 2.50. The van der Waals surface area contributed by atoms with Crippen molar-refractivity contribution in [2.24, 2.45) is 0 Å². The topological polar surface area (TPSA) is 24.9 Å². The summed E-state index contributed by atoms with van der Waals surface area (Å²) in [5.41, 5.74) is 11.0. The summed E-state index contributed by atoms with van der Waals surface area (Å²) in [4.78, 5) is 4.70. The highest BCUT2D eigenvalue weighted by molar-refractivity contribution is 6.22. The van der Waals surface area contributed by atoms with Crippen molar-refractivity contribution in [1.82, 2.24) is 0 Å². The summed E-state index contributed by atoms with van der Waals surface area (Å²) in [6, 6.07) is 74.3. The van der Waals surface area contributed by atoms with Gasteiger partial charge in [0.25, 0.3) is 0 Å². The van der Waals surface area contributed by atoms with E-state index in [4.69, 9.17) is 9.47 Å². The lowest BCUT2D eigenvalue weighted by molar-refractivity contribution is 0.305. The molecule has 0 atom stereocenters. The van der Waals surface area contributed by atoms with Gasteiger partial charge in [0.2, 0.25) is 0 Å². The Morgan fingerprint density at radius 1 is 0.286 bits per heavy atom. The highest BCUT2D eigenvalue weighted by Gasteiger charge is 2.24. The standard InChI is InChI=1S/C66H68N2O2/c1-3-5-7-9-11-29-47-69-63-45-43-55(67(51-31-17-13-18-32-51)52-33-19-14-20-34-52)49-61(63)65-57-39-25-27-41-59(57)66(60-42-28-26-40-58(60)65)62-50-56(44-46-64(62)70-48-30-12-10-8-6-4-2)68(53-35-21-15-22-36-53)54-37-23-16-24-38-54/h13-28,31-46,49-50H,3-12,29-30,47-48H2,1-2H3. The van der Waals surface area contributed by atoms with Crippen LogP contribution >= 0.6 is 0 Å². The third-order valence-corrected chi connectivity index (χ3v) is 13.5. The molecule has 4 nitrogen and oxygen atoms in total. The number of ether oxygens (including phenoxy) is 2. The number of rotatable bonds is 24. The molecule has 0 unspecified atom stereocenters. The van der Waals surface area contributed by atoms with Crippen molar-refractivity contribution in [3.8, 4) is 33.8 Å². The number of anilines is 6. The number of hydrogen-bond donors (Lipinski definition) is 0. The van der Waals surface area contributed by atoms with Crippen LogP contribution in [0.4, 0.5) is 34.1 Å². The number of benzene rings is 9. The van der Waals surface area contributed by atoms with Gasteiger partial charge in [-0.1, -0.05) is 199 Å². The first kappa shape index (κ1) is 47.8. The number of fused-ring (bicyclic) bond motifs is 2. The van der Waals surface area contributed by atoms with Crippen LogP contribution in [0.25, 0.3) is 43.8 Å². The van der Waals surface area contributed by atoms with Crippen LogP contribution in [0, 0.1) is 0 Å². The maximum absolute atomic E-state index is 6.94. The van der Waals surface area contributed by atoms with E-state index < -0.39 is 0 Å². The van der Waals surface area contributed by atoms with Gasteiger partial charge in [-0.2, -0.15) is 0 Å². The lowest BCUT2D eigenvalue weighted by Crippen LogP contribution is -2.10. The fraction of sp³-hybridized carbons (Fsp3) is 0.242. The molecule has 0 amide bonds. The Bertz CT molecular complexity index is 2680. The summed E-state index contributed by atoms with van der Waals surface area (Å²) < 4.78 is 13.9. The Kier molecular flexibility index (Phi) is 16.6. The van der Waals surface area contributed by atoms with Gasteiger partial charge in [0.05, 0.1) is 13.2 Å². The van der Waals surface area contributed by atoms with Gasteiger partial charge in [0.15, 0.2) is 0 Å². The largest absolute Gasteiger partial charge is 0.493 e. The quantitative estimate of drug-likeness (QED) is 0.0445. The van der Waals surface area contributed by atoms with Crippen molar-refractivity contribution in [2.45, 2.75) is 90.9 Å². The monoisotopic (exact) mass is 921 g/mol. The zero-order valence-corrected chi connectivity index (χ0v) is 41.2. The second kappa shape index (κ2) is 24.3. The van der Waals surface area contributed by atoms with E-state index in [1.54, 1.807) is 0 Å². The van der Waals surface area contributed by atoms with E-state index in [-0.39, 0.29) is 0 Å². The SMILES string of the molecule is CCCCCCCCOc1ccc(N(c2ccccc2)c2ccccc2)cc1-c1c2ccccc2c(-c2cc(N(c3ccccc3)c3ccccc3)ccc2OCCCCCCCC)c2ccccc12. The summed E-state index contributed by atoms with van der Waals surface area (Å²) >= 11 is 0. The minimum Gasteiger partial charge on any atom is -0.493 e. The van der Waals surface area contributed by atoms with E-state index in [2.05, 4.69) is 230 Å². The number of hydrogen-bond acceptors (Lipinski definition) is 4. The summed E-state index contributed by atoms with van der Waals surface area (Å²) in [6.45, 7) is 5.88. The lowest BCUT2D eigenvalue weighted by Gasteiger charge is -2.28. The zero-order chi connectivity index (χ0) is 47.7. The molecule has 0 saturated carbocycles. The summed E-state index contributed by atoms with van der Waals surface area (Å²) in [7, 11) is 0. The van der Waals surface area contributed by atoms with Crippen LogP contribution < -0.4 is 19.3 Å². The predicted octanol–water partition coefficient (Wildman–Crippen LogP) is 19.7. The summed E-state index contributed by atoms with van der Waals surface area (Å²) in [5, 5.41) is 4.66. The van der Waals surface area contributed by atoms with Crippen LogP contribution in [-0.4, -0.2) is 13.2 Å². The van der Waals surface area contributed by atoms with Crippen LogP contribution in [-0.2, 0) is 0 Å². The van der Waals surface area contributed by atoms with Crippen molar-refractivity contribution >= 4 is 55.7 Å². The van der Waals surface area contributed by atoms with Crippen LogP contribution in [0.3, 0.4) is 0 Å². The van der Waals surface area contributed by atoms with Gasteiger partial charge in [-0.15, -0.1) is 0 Å². The van der Waals surface area contributed by atoms with E-state index in [1.807, 2.05) is 0 Å². The van der Waals surface area contributed by atoms with E-state index in [9.17, 15) is 0 Å². The Morgan fingerprint density at radius 2 is 0.571 bits per heavy atom. The Balaban J connectivity index is 1.24. The molecule has 0 radical (unpaired) electrons. The molecule has 0 aliphatic carbocycles. The predicted molar refractivity (Wildman–Crippen MR) is 299 cm³/mol. The van der Waals surface area contributed by atoms with Gasteiger partial charge in [-0.25, -0.2) is 0 Å². The van der Waals surface area contributed by atoms with Crippen LogP contribution in [0.2, 0.25) is 0 Å². The molecule has 9 aromatic rings. The van der Waals surface area contributed by atoms with Crippen molar-refractivity contribution in [3.05, 3.63) is 206 Å². The molecule has 0 aliphatic heterocycles. The smallest absolute Gasteiger partial charge is 0.127 e. The highest BCUT2D eigenvalue weighted by atomic mass is 16.5. The fourth-order valence-corrected chi connectivity index (χ4v) is 10.00. The lowest BCUT2D eigenvalue weighted by atomic mass is 9.85. The van der Waals surface area contributed by atoms with Gasteiger partial charge in [-0.05, 0) is 119 Å². The second-order valence-corrected chi connectivity index (χ2v) is 18.4. The van der Waals surface area contributed by atoms with Crippen molar-refractivity contribution in [1.29, 1.82) is 0 Å². The molecular weight excluding hydrogens is 853 g/mol. The first-order valence-electron chi connectivity index (χ1n) is 26.0. The Hall–Kier alpha value is -7.30. The van der Waals surface area contributed by atoms with Crippen LogP contribution in [0.1, 0.15) is 90.9 Å². The minimum atomic E-state index is 0.666. The average Bonchev–Trinajstić information content (AvgIpc) is 3.41. The first-order chi connectivity index (χ1) is 34.7. The molecule has 0 N–H and O–H groups in total. The molecule has 70 heavy (non-hydrogen) atoms. The van der Waals surface area contributed by atoms with E-state index >= 15 is 0 Å². The van der Waals surface area contributed by atoms with Crippen molar-refractivity contribution < 1.29 is 9.47 Å². The molecule has 0 aromatic heterocycles. The molecule has 0 spiro atoms. The van der Waals surface area contributed by atoms with E-state index in [0.717, 1.165) is 93.6 Å². The third-order valence-electron chi connectivity index (χ3n) is 13.5. The van der Waals surface area contributed by atoms with E-state index in [1.165, 1.54) is 72.9 Å². The average molecular weight is 921 g/mol. The third kappa shape index (κ3) is 11.2. The molecule has 0 bridgehead atoms. The second-order valence-electron chi connectivity index (χ2n) is 18.4. The summed E-state index contributed by atoms with van der Waals surface area (Å²) in [5.74, 6) is 1.79. The van der Waals surface area contributed by atoms with Crippen molar-refractivity contribution in [2.75, 3.05) is 23.0 Å². The van der Waals surface area contributed by atoms with E-state index in [0.29, 0.717) is 13.2 Å². The molecule has 0 saturated heterocycles. The molecule has 0 heterocycles. The normalized spacial score (nSPS) is 11.2. The molecular formula is C66H68N2O2. The van der Waals surface area contributed by atoms with Gasteiger partial charge in [0.1, 0.15) is 11.5 Å². The molecule has 0 fully saturated rings. The number of nitrogens with zero attached hydrogens (tertiary/aromatic N) is 2. The minimum absolute atomic E-state index is 0.666. The molecule has 4 heteroatoms. The molecule has 0 aliphatic rings. The van der Waals surface area contributed by atoms with Gasteiger partial charge in [0, 0.05) is 56.4 Å². The maximum atomic E-state index is 6.94. The van der Waals surface area contributed by atoms with Gasteiger partial charge < -0.3 is 19.3 Å². The van der Waals surface area contributed by atoms with Crippen LogP contribution in [0.5, 0.6) is 11.5 Å². The number of para-hydroxylation sites is 4. The van der Waals surface area contributed by atoms with Gasteiger partial charge in [-0.3, -0.25) is 0 Å². The molecule has 9 rings (SSSR count). The Morgan fingerprint density at radius 3 is 0.886 bits per heavy atom. The van der Waals surface area contributed by atoms with Crippen molar-refractivity contribution in [3.63, 3.8) is 0 Å². The zero-order valence-electron chi connectivity index (χ0n) is 41.2. The molecule has 354 valence electrons. The molecule has 9 aromatic carbocycles. The first-order valence-corrected chi connectivity index (χ1v) is 26.0. The fourth-order valence-electron chi connectivity index (χ4n) is 10.00. The maximum Gasteiger partial charge on any atom is 0.127 e. The van der Waals surface area contributed by atoms with Crippen LogP contribution in [0.15, 0.2) is 206 Å².